The molecular weight excluding hydrogens is 298 g/mol. The number of nitrogens with one attached hydrogen (secondary N) is 2. The number of anilines is 1. The predicted molar refractivity (Wildman–Crippen MR) is 77.0 cm³/mol. The van der Waals surface area contributed by atoms with Gasteiger partial charge >= 0.3 is 0 Å². The van der Waals surface area contributed by atoms with Crippen LogP contribution in [-0.2, 0) is 4.79 Å². The molecule has 0 saturated heterocycles. The molecule has 1 aromatic rings. The lowest BCUT2D eigenvalue weighted by atomic mass is 10.1. The van der Waals surface area contributed by atoms with Crippen LogP contribution in [0.1, 0.15) is 23.7 Å². The van der Waals surface area contributed by atoms with Crippen LogP contribution in [0.25, 0.3) is 0 Å². The van der Waals surface area contributed by atoms with Crippen LogP contribution in [0.4, 0.5) is 5.69 Å². The summed E-state index contributed by atoms with van der Waals surface area (Å²) in [5.74, 6) is -1.46. The summed E-state index contributed by atoms with van der Waals surface area (Å²) in [6.45, 7) is 2.21. The molecule has 0 unspecified atom stereocenters. The van der Waals surface area contributed by atoms with Crippen molar-refractivity contribution in [3.63, 3.8) is 0 Å². The zero-order valence-electron chi connectivity index (χ0n) is 11.3. The first-order valence-electron chi connectivity index (χ1n) is 6.46. The van der Waals surface area contributed by atoms with Crippen LogP contribution in [0.2, 0.25) is 5.02 Å². The molecule has 0 radical (unpaired) electrons. The van der Waals surface area contributed by atoms with E-state index < -0.39 is 22.8 Å². The molecule has 1 fully saturated rings. The van der Waals surface area contributed by atoms with Crippen molar-refractivity contribution < 1.29 is 14.5 Å². The molecule has 2 amide bonds. The summed E-state index contributed by atoms with van der Waals surface area (Å²) in [6, 6.07) is 3.66. The van der Waals surface area contributed by atoms with E-state index in [2.05, 4.69) is 10.6 Å². The molecule has 2 N–H and O–H groups in total. The molecule has 2 rings (SSSR count). The minimum atomic E-state index is -0.829. The van der Waals surface area contributed by atoms with Crippen molar-refractivity contribution in [1.82, 2.24) is 5.32 Å². The first-order valence-corrected chi connectivity index (χ1v) is 6.84. The molecule has 8 heteroatoms. The van der Waals surface area contributed by atoms with Gasteiger partial charge in [0, 0.05) is 22.9 Å². The number of halogens is 1. The summed E-state index contributed by atoms with van der Waals surface area (Å²) >= 11 is 5.86. The summed E-state index contributed by atoms with van der Waals surface area (Å²) in [7, 11) is 0. The smallest absolute Gasteiger partial charge is 0.253 e. The molecule has 0 spiro atoms. The van der Waals surface area contributed by atoms with Gasteiger partial charge in [-0.25, -0.2) is 0 Å². The second-order valence-corrected chi connectivity index (χ2v) is 5.17. The largest absolute Gasteiger partial charge is 0.352 e. The van der Waals surface area contributed by atoms with E-state index >= 15 is 0 Å². The van der Waals surface area contributed by atoms with Gasteiger partial charge in [0.05, 0.1) is 11.3 Å². The number of benzene rings is 1. The summed E-state index contributed by atoms with van der Waals surface area (Å²) in [5.41, 5.74) is 0.528. The molecule has 1 aromatic carbocycles. The Kier molecular flexibility index (Phi) is 4.42. The van der Waals surface area contributed by atoms with Crippen LogP contribution in [-0.4, -0.2) is 29.3 Å². The first-order chi connectivity index (χ1) is 9.93. The van der Waals surface area contributed by atoms with E-state index in [9.17, 15) is 19.7 Å². The maximum atomic E-state index is 11.9. The SMILES string of the molecule is CCNC(=O)c1cc(Cl)ccc1NC(=O)[C@H]1C[C@@H]1[N+](=O)[O-]. The second kappa shape index (κ2) is 6.09. The third-order valence-corrected chi connectivity index (χ3v) is 3.42. The lowest BCUT2D eigenvalue weighted by Gasteiger charge is -2.11. The standard InChI is InChI=1S/C13H14ClN3O4/c1-2-15-12(18)8-5-7(14)3-4-10(8)16-13(19)9-6-11(9)17(20)21/h3-5,9,11H,2,6H2,1H3,(H,15,18)(H,16,19)/t9-,11-/m0/s1. The summed E-state index contributed by atoms with van der Waals surface area (Å²) in [4.78, 5) is 34.0. The Morgan fingerprint density at radius 2 is 2.19 bits per heavy atom. The molecule has 0 heterocycles. The predicted octanol–water partition coefficient (Wildman–Crippen LogP) is 1.69. The van der Waals surface area contributed by atoms with Crippen LogP contribution >= 0.6 is 11.6 Å². The number of nitrogens with zero attached hydrogens (tertiary/aromatic N) is 1. The number of nitro groups is 1. The summed E-state index contributed by atoms with van der Waals surface area (Å²) in [6.07, 6.45) is 0.225. The van der Waals surface area contributed by atoms with E-state index in [-0.39, 0.29) is 17.9 Å². The number of carbonyl (C=O) groups is 2. The van der Waals surface area contributed by atoms with Crippen molar-refractivity contribution >= 4 is 29.1 Å². The van der Waals surface area contributed by atoms with E-state index in [1.807, 2.05) is 0 Å². The number of amides is 2. The van der Waals surface area contributed by atoms with E-state index in [1.165, 1.54) is 18.2 Å². The Bertz CT molecular complexity index is 605. The van der Waals surface area contributed by atoms with Crippen molar-refractivity contribution in [1.29, 1.82) is 0 Å². The van der Waals surface area contributed by atoms with Crippen LogP contribution in [0, 0.1) is 16.0 Å². The normalized spacial score (nSPS) is 19.7. The first kappa shape index (κ1) is 15.2. The molecule has 2 atom stereocenters. The average Bonchev–Trinajstić information content (AvgIpc) is 3.21. The maximum absolute atomic E-state index is 11.9. The minimum absolute atomic E-state index is 0.225. The lowest BCUT2D eigenvalue weighted by Crippen LogP contribution is -2.25. The number of carbonyl (C=O) groups excluding carboxylic acids is 2. The Morgan fingerprint density at radius 1 is 1.48 bits per heavy atom. The van der Waals surface area contributed by atoms with Crippen LogP contribution in [0.5, 0.6) is 0 Å². The summed E-state index contributed by atoms with van der Waals surface area (Å²) < 4.78 is 0. The van der Waals surface area contributed by atoms with Gasteiger partial charge < -0.3 is 10.6 Å². The van der Waals surface area contributed by atoms with Gasteiger partial charge in [-0.15, -0.1) is 0 Å². The van der Waals surface area contributed by atoms with Crippen molar-refractivity contribution in [3.8, 4) is 0 Å². The number of hydrogen-bond donors (Lipinski definition) is 2. The van der Waals surface area contributed by atoms with Gasteiger partial charge in [0.2, 0.25) is 11.9 Å². The fourth-order valence-corrected chi connectivity index (χ4v) is 2.16. The van der Waals surface area contributed by atoms with E-state index in [1.54, 1.807) is 6.92 Å². The zero-order chi connectivity index (χ0) is 15.6. The molecule has 1 aliphatic rings. The molecule has 112 valence electrons. The molecule has 0 aliphatic heterocycles. The van der Waals surface area contributed by atoms with E-state index in [0.717, 1.165) is 0 Å². The lowest BCUT2D eigenvalue weighted by molar-refractivity contribution is -0.497. The highest BCUT2D eigenvalue weighted by molar-refractivity contribution is 6.31. The van der Waals surface area contributed by atoms with Crippen molar-refractivity contribution in [2.24, 2.45) is 5.92 Å². The van der Waals surface area contributed by atoms with Crippen LogP contribution < -0.4 is 10.6 Å². The molecule has 1 aliphatic carbocycles. The molecule has 0 bridgehead atoms. The highest BCUT2D eigenvalue weighted by Crippen LogP contribution is 2.34. The topological polar surface area (TPSA) is 101 Å². The van der Waals surface area contributed by atoms with Gasteiger partial charge in [-0.05, 0) is 25.1 Å². The Balaban J connectivity index is 2.14. The van der Waals surface area contributed by atoms with Gasteiger partial charge in [-0.1, -0.05) is 11.6 Å². The fraction of sp³-hybridized carbons (Fsp3) is 0.385. The van der Waals surface area contributed by atoms with Crippen molar-refractivity contribution in [2.75, 3.05) is 11.9 Å². The van der Waals surface area contributed by atoms with Gasteiger partial charge in [-0.3, -0.25) is 19.7 Å². The van der Waals surface area contributed by atoms with Crippen LogP contribution in [0.15, 0.2) is 18.2 Å². The third-order valence-electron chi connectivity index (χ3n) is 3.19. The summed E-state index contributed by atoms with van der Waals surface area (Å²) in [5, 5.41) is 16.1. The minimum Gasteiger partial charge on any atom is -0.352 e. The van der Waals surface area contributed by atoms with E-state index in [4.69, 9.17) is 11.6 Å². The Labute approximate surface area is 125 Å². The van der Waals surface area contributed by atoms with Gasteiger partial charge in [0.25, 0.3) is 5.91 Å². The highest BCUT2D eigenvalue weighted by atomic mass is 35.5. The Morgan fingerprint density at radius 3 is 2.76 bits per heavy atom. The second-order valence-electron chi connectivity index (χ2n) is 4.73. The molecule has 7 nitrogen and oxygen atoms in total. The molecule has 21 heavy (non-hydrogen) atoms. The van der Waals surface area contributed by atoms with Crippen molar-refractivity contribution in [2.45, 2.75) is 19.4 Å². The highest BCUT2D eigenvalue weighted by Gasteiger charge is 2.53. The zero-order valence-corrected chi connectivity index (χ0v) is 12.0. The Hall–Kier alpha value is -2.15. The van der Waals surface area contributed by atoms with Gasteiger partial charge in [0.1, 0.15) is 5.92 Å². The van der Waals surface area contributed by atoms with Crippen molar-refractivity contribution in [3.05, 3.63) is 38.9 Å². The monoisotopic (exact) mass is 311 g/mol. The van der Waals surface area contributed by atoms with Gasteiger partial charge in [-0.2, -0.15) is 0 Å². The molecule has 0 aromatic heterocycles. The number of hydrogen-bond acceptors (Lipinski definition) is 4. The quantitative estimate of drug-likeness (QED) is 0.638. The molecule has 1 saturated carbocycles. The van der Waals surface area contributed by atoms with Gasteiger partial charge in [0.15, 0.2) is 0 Å². The van der Waals surface area contributed by atoms with E-state index in [0.29, 0.717) is 17.3 Å². The van der Waals surface area contributed by atoms with Crippen LogP contribution in [0.3, 0.4) is 0 Å². The average molecular weight is 312 g/mol. The maximum Gasteiger partial charge on any atom is 0.253 e. The molecular formula is C13H14ClN3O4. The fourth-order valence-electron chi connectivity index (χ4n) is 1.99. The number of rotatable bonds is 5. The third kappa shape index (κ3) is 3.49.